The molecule has 0 spiro atoms. The van der Waals surface area contributed by atoms with Crippen molar-refractivity contribution in [3.05, 3.63) is 40.8 Å². The van der Waals surface area contributed by atoms with E-state index in [1.807, 2.05) is 11.6 Å². The molecule has 0 atom stereocenters. The molecule has 1 heterocycles. The van der Waals surface area contributed by atoms with Gasteiger partial charge in [0.2, 0.25) is 0 Å². The molecule has 2 aromatic rings. The summed E-state index contributed by atoms with van der Waals surface area (Å²) < 4.78 is 1.83. The van der Waals surface area contributed by atoms with Crippen LogP contribution in [0.1, 0.15) is 31.2 Å². The zero-order valence-electron chi connectivity index (χ0n) is 10.9. The van der Waals surface area contributed by atoms with Crippen LogP contribution in [-0.2, 0) is 13.6 Å². The lowest BCUT2D eigenvalue weighted by Gasteiger charge is -2.05. The molecule has 0 unspecified atom stereocenters. The summed E-state index contributed by atoms with van der Waals surface area (Å²) in [6, 6.07) is 8.36. The van der Waals surface area contributed by atoms with Crippen LogP contribution in [0.5, 0.6) is 0 Å². The van der Waals surface area contributed by atoms with E-state index in [1.165, 1.54) is 5.56 Å². The molecule has 1 aromatic carbocycles. The van der Waals surface area contributed by atoms with E-state index < -0.39 is 0 Å². The van der Waals surface area contributed by atoms with Crippen molar-refractivity contribution in [3.8, 4) is 11.3 Å². The van der Waals surface area contributed by atoms with Crippen LogP contribution in [0.15, 0.2) is 24.3 Å². The molecule has 0 saturated carbocycles. The van der Waals surface area contributed by atoms with Gasteiger partial charge in [-0.15, -0.1) is 0 Å². The van der Waals surface area contributed by atoms with Gasteiger partial charge in [0.15, 0.2) is 0 Å². The fourth-order valence-electron chi connectivity index (χ4n) is 1.91. The Balaban J connectivity index is 2.42. The van der Waals surface area contributed by atoms with Crippen molar-refractivity contribution in [2.45, 2.75) is 26.3 Å². The number of hydrogen-bond acceptors (Lipinski definition) is 2. The third kappa shape index (κ3) is 2.28. The molecule has 0 aliphatic rings. The highest BCUT2D eigenvalue weighted by atomic mass is 35.5. The van der Waals surface area contributed by atoms with Crippen LogP contribution in [0, 0.1) is 0 Å². The van der Waals surface area contributed by atoms with Gasteiger partial charge in [-0.05, 0) is 11.5 Å². The molecule has 3 nitrogen and oxygen atoms in total. The van der Waals surface area contributed by atoms with Crippen molar-refractivity contribution in [1.29, 1.82) is 0 Å². The van der Waals surface area contributed by atoms with Gasteiger partial charge < -0.3 is 10.3 Å². The van der Waals surface area contributed by atoms with E-state index in [1.54, 1.807) is 0 Å². The molecule has 4 heteroatoms. The monoisotopic (exact) mass is 263 g/mol. The first-order chi connectivity index (χ1) is 8.54. The van der Waals surface area contributed by atoms with Crippen LogP contribution in [-0.4, -0.2) is 9.55 Å². The Morgan fingerprint density at radius 1 is 1.28 bits per heavy atom. The molecule has 2 N–H and O–H groups in total. The summed E-state index contributed by atoms with van der Waals surface area (Å²) >= 11 is 6.27. The van der Waals surface area contributed by atoms with Gasteiger partial charge in [-0.1, -0.05) is 49.7 Å². The third-order valence-corrected chi connectivity index (χ3v) is 3.58. The molecule has 0 amide bonds. The van der Waals surface area contributed by atoms with Crippen LogP contribution in [0.25, 0.3) is 11.3 Å². The first-order valence-electron chi connectivity index (χ1n) is 6.06. The van der Waals surface area contributed by atoms with Gasteiger partial charge in [0, 0.05) is 12.6 Å². The SMILES string of the molecule is CC(C)c1ccc(-c2nc(CN)n(C)c2Cl)cc1. The van der Waals surface area contributed by atoms with Crippen molar-refractivity contribution in [2.24, 2.45) is 12.8 Å². The predicted molar refractivity (Wildman–Crippen MR) is 75.6 cm³/mol. The highest BCUT2D eigenvalue weighted by molar-refractivity contribution is 6.32. The quantitative estimate of drug-likeness (QED) is 0.923. The van der Waals surface area contributed by atoms with E-state index in [0.717, 1.165) is 17.1 Å². The van der Waals surface area contributed by atoms with Crippen LogP contribution in [0.4, 0.5) is 0 Å². The normalized spacial score (nSPS) is 11.2. The summed E-state index contributed by atoms with van der Waals surface area (Å²) in [6.45, 7) is 4.74. The number of nitrogens with two attached hydrogens (primary N) is 1. The Labute approximate surface area is 113 Å². The van der Waals surface area contributed by atoms with E-state index >= 15 is 0 Å². The third-order valence-electron chi connectivity index (χ3n) is 3.15. The Morgan fingerprint density at radius 3 is 2.33 bits per heavy atom. The average Bonchev–Trinajstić information content (AvgIpc) is 2.66. The van der Waals surface area contributed by atoms with Gasteiger partial charge in [0.05, 0.1) is 6.54 Å². The maximum absolute atomic E-state index is 6.27. The topological polar surface area (TPSA) is 43.8 Å². The minimum atomic E-state index is 0.389. The maximum Gasteiger partial charge on any atom is 0.136 e. The lowest BCUT2D eigenvalue weighted by atomic mass is 10.0. The Kier molecular flexibility index (Phi) is 3.73. The molecule has 0 fully saturated rings. The molecule has 1 aromatic heterocycles. The van der Waals surface area contributed by atoms with Crippen molar-refractivity contribution in [3.63, 3.8) is 0 Å². The van der Waals surface area contributed by atoms with E-state index in [9.17, 15) is 0 Å². The first-order valence-corrected chi connectivity index (χ1v) is 6.44. The van der Waals surface area contributed by atoms with Gasteiger partial charge in [-0.3, -0.25) is 0 Å². The van der Waals surface area contributed by atoms with Gasteiger partial charge >= 0.3 is 0 Å². The maximum atomic E-state index is 6.27. The largest absolute Gasteiger partial charge is 0.324 e. The molecular formula is C14H18ClN3. The summed E-state index contributed by atoms with van der Waals surface area (Å²) in [5.74, 6) is 1.32. The van der Waals surface area contributed by atoms with Crippen molar-refractivity contribution in [1.82, 2.24) is 9.55 Å². The zero-order chi connectivity index (χ0) is 13.3. The minimum absolute atomic E-state index is 0.389. The zero-order valence-corrected chi connectivity index (χ0v) is 11.7. The Morgan fingerprint density at radius 2 is 1.89 bits per heavy atom. The van der Waals surface area contributed by atoms with Gasteiger partial charge in [0.25, 0.3) is 0 Å². The molecule has 96 valence electrons. The smallest absolute Gasteiger partial charge is 0.136 e. The predicted octanol–water partition coefficient (Wildman–Crippen LogP) is 3.32. The van der Waals surface area contributed by atoms with Crippen LogP contribution < -0.4 is 5.73 Å². The molecule has 18 heavy (non-hydrogen) atoms. The highest BCUT2D eigenvalue weighted by Gasteiger charge is 2.13. The second kappa shape index (κ2) is 5.12. The summed E-state index contributed by atoms with van der Waals surface area (Å²) in [5, 5.41) is 0.632. The number of hydrogen-bond donors (Lipinski definition) is 1. The lowest BCUT2D eigenvalue weighted by Crippen LogP contribution is -2.04. The minimum Gasteiger partial charge on any atom is -0.324 e. The number of nitrogens with zero attached hydrogens (tertiary/aromatic N) is 2. The summed E-state index contributed by atoms with van der Waals surface area (Å²) in [5.41, 5.74) is 8.77. The van der Waals surface area contributed by atoms with E-state index in [4.69, 9.17) is 17.3 Å². The van der Waals surface area contributed by atoms with Crippen molar-refractivity contribution in [2.75, 3.05) is 0 Å². The average molecular weight is 264 g/mol. The van der Waals surface area contributed by atoms with E-state index in [2.05, 4.69) is 43.1 Å². The number of rotatable bonds is 3. The summed E-state index contributed by atoms with van der Waals surface area (Å²) in [6.07, 6.45) is 0. The van der Waals surface area contributed by atoms with Crippen LogP contribution in [0.3, 0.4) is 0 Å². The van der Waals surface area contributed by atoms with Crippen LogP contribution in [0.2, 0.25) is 5.15 Å². The molecule has 0 radical (unpaired) electrons. The van der Waals surface area contributed by atoms with Crippen LogP contribution >= 0.6 is 11.6 Å². The number of aromatic nitrogens is 2. The number of halogens is 1. The molecule has 2 rings (SSSR count). The molecule has 0 saturated heterocycles. The lowest BCUT2D eigenvalue weighted by molar-refractivity contribution is 0.794. The first kappa shape index (κ1) is 13.1. The number of imidazole rings is 1. The fourth-order valence-corrected chi connectivity index (χ4v) is 2.16. The van der Waals surface area contributed by atoms with E-state index in [0.29, 0.717) is 17.6 Å². The molecule has 0 aliphatic heterocycles. The van der Waals surface area contributed by atoms with Gasteiger partial charge in [-0.25, -0.2) is 4.98 Å². The molecular weight excluding hydrogens is 246 g/mol. The van der Waals surface area contributed by atoms with Crippen molar-refractivity contribution < 1.29 is 0 Å². The molecule has 0 bridgehead atoms. The molecule has 0 aliphatic carbocycles. The Hall–Kier alpha value is -1.32. The van der Waals surface area contributed by atoms with Crippen molar-refractivity contribution >= 4 is 11.6 Å². The fraction of sp³-hybridized carbons (Fsp3) is 0.357. The number of benzene rings is 1. The van der Waals surface area contributed by atoms with Gasteiger partial charge in [0.1, 0.15) is 16.7 Å². The Bertz CT molecular complexity index is 541. The van der Waals surface area contributed by atoms with E-state index in [-0.39, 0.29) is 0 Å². The second-order valence-corrected chi connectivity index (χ2v) is 5.07. The van der Waals surface area contributed by atoms with Gasteiger partial charge in [-0.2, -0.15) is 0 Å². The summed E-state index contributed by atoms with van der Waals surface area (Å²) in [7, 11) is 1.88. The second-order valence-electron chi connectivity index (χ2n) is 4.71. The summed E-state index contributed by atoms with van der Waals surface area (Å²) in [4.78, 5) is 4.48. The highest BCUT2D eigenvalue weighted by Crippen LogP contribution is 2.28. The standard InChI is InChI=1S/C14H18ClN3/c1-9(2)10-4-6-11(7-5-10)13-14(15)18(3)12(8-16)17-13/h4-7,9H,8,16H2,1-3H3.